The molecule has 1 saturated carbocycles. The quantitative estimate of drug-likeness (QED) is 0.678. The van der Waals surface area contributed by atoms with Crippen molar-refractivity contribution < 1.29 is 9.26 Å². The molecule has 0 bridgehead atoms. The van der Waals surface area contributed by atoms with Crippen molar-refractivity contribution in [3.8, 4) is 23.4 Å². The molecular formula is C20H18N4O2. The second-order valence-corrected chi connectivity index (χ2v) is 6.22. The van der Waals surface area contributed by atoms with E-state index in [1.165, 1.54) is 0 Å². The van der Waals surface area contributed by atoms with Crippen LogP contribution in [0, 0.1) is 11.8 Å². The highest BCUT2D eigenvalue weighted by molar-refractivity contribution is 5.50. The Morgan fingerprint density at radius 3 is 2.81 bits per heavy atom. The molecule has 1 fully saturated rings. The maximum absolute atomic E-state index is 5.44. The molecule has 4 rings (SSSR count). The van der Waals surface area contributed by atoms with Gasteiger partial charge >= 0.3 is 0 Å². The topological polar surface area (TPSA) is 73.9 Å². The Balaban J connectivity index is 1.47. The lowest BCUT2D eigenvalue weighted by Gasteiger charge is -2.05. The molecule has 3 heterocycles. The molecule has 0 unspecified atom stereocenters. The lowest BCUT2D eigenvalue weighted by Crippen LogP contribution is -2.04. The Hall–Kier alpha value is -3.04. The number of pyridine rings is 2. The van der Waals surface area contributed by atoms with Gasteiger partial charge in [-0.15, -0.1) is 0 Å². The van der Waals surface area contributed by atoms with Crippen molar-refractivity contribution in [2.24, 2.45) is 0 Å². The third-order valence-electron chi connectivity index (χ3n) is 4.50. The second kappa shape index (κ2) is 7.46. The Morgan fingerprint density at radius 1 is 1.12 bits per heavy atom. The number of hydrogen-bond donors (Lipinski definition) is 0. The fourth-order valence-corrected chi connectivity index (χ4v) is 3.06. The standard InChI is InChI=1S/C20H18N4O2/c1-25-17-9-7-15(12-17)20-23-19(24-26-20)18-10-6-14(13-22-18)5-8-16-4-2-3-11-21-16/h2-4,6,10-11,13,15,17H,7,9,12H2,1H3/t15-,17+/m0/s1. The van der Waals surface area contributed by atoms with Crippen LogP contribution >= 0.6 is 0 Å². The molecule has 26 heavy (non-hydrogen) atoms. The third-order valence-corrected chi connectivity index (χ3v) is 4.50. The van der Waals surface area contributed by atoms with Crippen molar-refractivity contribution in [1.29, 1.82) is 0 Å². The van der Waals surface area contributed by atoms with E-state index in [0.717, 1.165) is 30.5 Å². The average Bonchev–Trinajstić information content (AvgIpc) is 3.37. The molecule has 0 amide bonds. The first-order valence-electron chi connectivity index (χ1n) is 8.57. The fraction of sp³-hybridized carbons (Fsp3) is 0.300. The average molecular weight is 346 g/mol. The van der Waals surface area contributed by atoms with Crippen LogP contribution in [0.4, 0.5) is 0 Å². The van der Waals surface area contributed by atoms with Crippen LogP contribution in [0.2, 0.25) is 0 Å². The molecule has 3 aromatic heterocycles. The van der Waals surface area contributed by atoms with Crippen LogP contribution in [0.25, 0.3) is 11.5 Å². The van der Waals surface area contributed by atoms with Gasteiger partial charge in [0.2, 0.25) is 11.7 Å². The summed E-state index contributed by atoms with van der Waals surface area (Å²) in [7, 11) is 1.74. The molecule has 0 spiro atoms. The minimum Gasteiger partial charge on any atom is -0.381 e. The molecule has 1 aliphatic carbocycles. The maximum Gasteiger partial charge on any atom is 0.230 e. The highest BCUT2D eigenvalue weighted by Gasteiger charge is 2.30. The predicted octanol–water partition coefficient (Wildman–Crippen LogP) is 3.21. The Labute approximate surface area is 151 Å². The van der Waals surface area contributed by atoms with Gasteiger partial charge in [-0.05, 0) is 49.4 Å². The molecule has 0 saturated heterocycles. The van der Waals surface area contributed by atoms with E-state index in [1.54, 1.807) is 19.5 Å². The van der Waals surface area contributed by atoms with Crippen LogP contribution < -0.4 is 0 Å². The van der Waals surface area contributed by atoms with Crippen molar-refractivity contribution in [1.82, 2.24) is 20.1 Å². The summed E-state index contributed by atoms with van der Waals surface area (Å²) in [6.07, 6.45) is 6.67. The normalized spacial score (nSPS) is 19.1. The SMILES string of the molecule is CO[C@@H]1CC[C@H](c2nc(-c3ccc(C#Cc4ccccn4)cn3)no2)C1. The van der Waals surface area contributed by atoms with Crippen molar-refractivity contribution in [2.45, 2.75) is 31.3 Å². The van der Waals surface area contributed by atoms with Crippen molar-refractivity contribution in [3.63, 3.8) is 0 Å². The summed E-state index contributed by atoms with van der Waals surface area (Å²) in [5.74, 6) is 7.50. The van der Waals surface area contributed by atoms with Crippen molar-refractivity contribution in [2.75, 3.05) is 7.11 Å². The molecule has 0 radical (unpaired) electrons. The fourth-order valence-electron chi connectivity index (χ4n) is 3.06. The van der Waals surface area contributed by atoms with Gasteiger partial charge in [0.15, 0.2) is 0 Å². The van der Waals surface area contributed by atoms with Gasteiger partial charge in [-0.2, -0.15) is 4.98 Å². The van der Waals surface area contributed by atoms with E-state index in [2.05, 4.69) is 31.9 Å². The Morgan fingerprint density at radius 2 is 2.08 bits per heavy atom. The molecule has 0 aliphatic heterocycles. The van der Waals surface area contributed by atoms with E-state index in [9.17, 15) is 0 Å². The van der Waals surface area contributed by atoms with Crippen LogP contribution in [0.1, 0.15) is 42.3 Å². The molecule has 0 aromatic carbocycles. The molecule has 0 N–H and O–H groups in total. The number of ether oxygens (including phenoxy) is 1. The number of nitrogens with zero attached hydrogens (tertiary/aromatic N) is 4. The summed E-state index contributed by atoms with van der Waals surface area (Å²) in [4.78, 5) is 13.1. The highest BCUT2D eigenvalue weighted by atomic mass is 16.5. The van der Waals surface area contributed by atoms with E-state index in [4.69, 9.17) is 9.26 Å². The van der Waals surface area contributed by atoms with Gasteiger partial charge in [-0.25, -0.2) is 4.98 Å². The third kappa shape index (κ3) is 3.63. The van der Waals surface area contributed by atoms with Gasteiger partial charge in [0.1, 0.15) is 11.4 Å². The largest absolute Gasteiger partial charge is 0.381 e. The van der Waals surface area contributed by atoms with E-state index in [1.807, 2.05) is 30.3 Å². The molecular weight excluding hydrogens is 328 g/mol. The summed E-state index contributed by atoms with van der Waals surface area (Å²) in [5, 5.41) is 4.07. The number of rotatable bonds is 3. The Bertz CT molecular complexity index is 926. The number of hydrogen-bond acceptors (Lipinski definition) is 6. The van der Waals surface area contributed by atoms with Gasteiger partial charge in [0, 0.05) is 31.0 Å². The molecule has 3 aromatic rings. The monoisotopic (exact) mass is 346 g/mol. The highest BCUT2D eigenvalue weighted by Crippen LogP contribution is 2.35. The first kappa shape index (κ1) is 16.4. The predicted molar refractivity (Wildman–Crippen MR) is 95.1 cm³/mol. The zero-order valence-electron chi connectivity index (χ0n) is 14.4. The number of aromatic nitrogens is 4. The maximum atomic E-state index is 5.44. The van der Waals surface area contributed by atoms with E-state index >= 15 is 0 Å². The van der Waals surface area contributed by atoms with E-state index < -0.39 is 0 Å². The van der Waals surface area contributed by atoms with Gasteiger partial charge in [0.25, 0.3) is 0 Å². The summed E-state index contributed by atoms with van der Waals surface area (Å²) in [6.45, 7) is 0. The van der Waals surface area contributed by atoms with E-state index in [-0.39, 0.29) is 12.0 Å². The zero-order chi connectivity index (χ0) is 17.8. The lowest BCUT2D eigenvalue weighted by molar-refractivity contribution is 0.107. The molecule has 2 atom stereocenters. The van der Waals surface area contributed by atoms with Gasteiger partial charge in [-0.1, -0.05) is 17.1 Å². The van der Waals surface area contributed by atoms with Crippen molar-refractivity contribution >= 4 is 0 Å². The van der Waals surface area contributed by atoms with Crippen LogP contribution in [-0.2, 0) is 4.74 Å². The smallest absolute Gasteiger partial charge is 0.230 e. The lowest BCUT2D eigenvalue weighted by atomic mass is 10.1. The first-order valence-corrected chi connectivity index (χ1v) is 8.57. The minimum atomic E-state index is 0.268. The summed E-state index contributed by atoms with van der Waals surface area (Å²) >= 11 is 0. The van der Waals surface area contributed by atoms with Crippen LogP contribution in [0.5, 0.6) is 0 Å². The van der Waals surface area contributed by atoms with Crippen molar-refractivity contribution in [3.05, 3.63) is 59.9 Å². The number of methoxy groups -OCH3 is 1. The molecule has 6 heteroatoms. The molecule has 1 aliphatic rings. The van der Waals surface area contributed by atoms with Gasteiger partial charge < -0.3 is 9.26 Å². The van der Waals surface area contributed by atoms with Crippen LogP contribution in [0.3, 0.4) is 0 Å². The summed E-state index contributed by atoms with van der Waals surface area (Å²) in [6, 6.07) is 9.38. The van der Waals surface area contributed by atoms with Gasteiger partial charge in [-0.3, -0.25) is 4.98 Å². The molecule has 6 nitrogen and oxygen atoms in total. The Kier molecular flexibility index (Phi) is 4.71. The van der Waals surface area contributed by atoms with Crippen LogP contribution in [-0.4, -0.2) is 33.3 Å². The first-order chi connectivity index (χ1) is 12.8. The summed E-state index contributed by atoms with van der Waals surface area (Å²) in [5.41, 5.74) is 2.21. The molecule has 130 valence electrons. The van der Waals surface area contributed by atoms with Crippen LogP contribution in [0.15, 0.2) is 47.2 Å². The second-order valence-electron chi connectivity index (χ2n) is 6.22. The zero-order valence-corrected chi connectivity index (χ0v) is 14.4. The minimum absolute atomic E-state index is 0.268. The summed E-state index contributed by atoms with van der Waals surface area (Å²) < 4.78 is 10.8. The van der Waals surface area contributed by atoms with E-state index in [0.29, 0.717) is 17.4 Å². The van der Waals surface area contributed by atoms with Gasteiger partial charge in [0.05, 0.1) is 6.10 Å².